The minimum Gasteiger partial charge on any atom is -0.363 e. The molecule has 0 radical (unpaired) electrons. The topological polar surface area (TPSA) is 41.9 Å². The Morgan fingerprint density at radius 1 is 1.53 bits per heavy atom. The standard InChI is InChI=1S/C12H20N4S/c1-9-8-10(2)16(15-9)7-3-6-13-12(17)14-11-4-5-11/h8,11H,3-7H2,1-2H3,(H2,13,14,17). The van der Waals surface area contributed by atoms with Crippen molar-refractivity contribution in [3.8, 4) is 0 Å². The van der Waals surface area contributed by atoms with E-state index in [0.717, 1.165) is 30.3 Å². The summed E-state index contributed by atoms with van der Waals surface area (Å²) in [6.07, 6.45) is 3.55. The van der Waals surface area contributed by atoms with Crippen molar-refractivity contribution in [2.45, 2.75) is 45.7 Å². The number of rotatable bonds is 5. The van der Waals surface area contributed by atoms with Crippen molar-refractivity contribution < 1.29 is 0 Å². The van der Waals surface area contributed by atoms with Gasteiger partial charge in [0.15, 0.2) is 5.11 Å². The van der Waals surface area contributed by atoms with Crippen LogP contribution in [0.1, 0.15) is 30.7 Å². The highest BCUT2D eigenvalue weighted by Crippen LogP contribution is 2.18. The van der Waals surface area contributed by atoms with E-state index in [2.05, 4.69) is 28.7 Å². The minimum atomic E-state index is 0.631. The lowest BCUT2D eigenvalue weighted by atomic mass is 10.4. The van der Waals surface area contributed by atoms with E-state index in [9.17, 15) is 0 Å². The van der Waals surface area contributed by atoms with Gasteiger partial charge in [-0.1, -0.05) is 0 Å². The van der Waals surface area contributed by atoms with E-state index < -0.39 is 0 Å². The first-order valence-corrected chi connectivity index (χ1v) is 6.61. The van der Waals surface area contributed by atoms with Crippen molar-refractivity contribution in [3.05, 3.63) is 17.5 Å². The van der Waals surface area contributed by atoms with Gasteiger partial charge in [0.25, 0.3) is 0 Å². The zero-order chi connectivity index (χ0) is 12.3. The zero-order valence-electron chi connectivity index (χ0n) is 10.5. The number of aryl methyl sites for hydroxylation is 3. The minimum absolute atomic E-state index is 0.631. The van der Waals surface area contributed by atoms with Gasteiger partial charge in [0.1, 0.15) is 0 Å². The van der Waals surface area contributed by atoms with Crippen LogP contribution in [-0.4, -0.2) is 27.5 Å². The summed E-state index contributed by atoms with van der Waals surface area (Å²) in [5.41, 5.74) is 2.31. The van der Waals surface area contributed by atoms with Crippen LogP contribution in [-0.2, 0) is 6.54 Å². The molecule has 4 nitrogen and oxygen atoms in total. The summed E-state index contributed by atoms with van der Waals surface area (Å²) < 4.78 is 2.05. The van der Waals surface area contributed by atoms with Crippen LogP contribution in [0.15, 0.2) is 6.07 Å². The maximum Gasteiger partial charge on any atom is 0.166 e. The van der Waals surface area contributed by atoms with Crippen LogP contribution in [0.4, 0.5) is 0 Å². The second-order valence-corrected chi connectivity index (χ2v) is 5.09. The van der Waals surface area contributed by atoms with Crippen LogP contribution < -0.4 is 10.6 Å². The van der Waals surface area contributed by atoms with Gasteiger partial charge in [-0.2, -0.15) is 5.10 Å². The molecule has 2 N–H and O–H groups in total. The van der Waals surface area contributed by atoms with Crippen LogP contribution in [0.3, 0.4) is 0 Å². The number of thiocarbonyl (C=S) groups is 1. The summed E-state index contributed by atoms with van der Waals surface area (Å²) in [4.78, 5) is 0. The molecule has 1 aliphatic carbocycles. The average Bonchev–Trinajstić information content (AvgIpc) is 3.00. The predicted molar refractivity (Wildman–Crippen MR) is 73.1 cm³/mol. The van der Waals surface area contributed by atoms with Gasteiger partial charge in [-0.3, -0.25) is 4.68 Å². The first-order chi connectivity index (χ1) is 8.15. The molecular weight excluding hydrogens is 232 g/mol. The molecule has 2 rings (SSSR count). The summed E-state index contributed by atoms with van der Waals surface area (Å²) in [5, 5.41) is 11.7. The SMILES string of the molecule is Cc1cc(C)n(CCCNC(=S)NC2CC2)n1. The van der Waals surface area contributed by atoms with Crippen LogP contribution >= 0.6 is 12.2 Å². The van der Waals surface area contributed by atoms with Gasteiger partial charge in [0.05, 0.1) is 5.69 Å². The maximum absolute atomic E-state index is 5.19. The molecule has 0 bridgehead atoms. The second-order valence-electron chi connectivity index (χ2n) is 4.68. The van der Waals surface area contributed by atoms with E-state index in [1.807, 2.05) is 11.6 Å². The summed E-state index contributed by atoms with van der Waals surface area (Å²) in [6.45, 7) is 5.96. The van der Waals surface area contributed by atoms with Crippen molar-refractivity contribution >= 4 is 17.3 Å². The van der Waals surface area contributed by atoms with E-state index in [4.69, 9.17) is 12.2 Å². The van der Waals surface area contributed by atoms with Gasteiger partial charge in [-0.05, 0) is 51.4 Å². The van der Waals surface area contributed by atoms with Crippen molar-refractivity contribution in [3.63, 3.8) is 0 Å². The molecule has 1 heterocycles. The number of hydrogen-bond acceptors (Lipinski definition) is 2. The van der Waals surface area contributed by atoms with Crippen molar-refractivity contribution in [2.75, 3.05) is 6.54 Å². The van der Waals surface area contributed by atoms with Gasteiger partial charge in [-0.15, -0.1) is 0 Å². The highest BCUT2D eigenvalue weighted by atomic mass is 32.1. The van der Waals surface area contributed by atoms with Crippen molar-refractivity contribution in [1.29, 1.82) is 0 Å². The Morgan fingerprint density at radius 2 is 2.29 bits per heavy atom. The van der Waals surface area contributed by atoms with Crippen LogP contribution in [0, 0.1) is 13.8 Å². The third-order valence-corrected chi connectivity index (χ3v) is 3.11. The molecule has 0 amide bonds. The van der Waals surface area contributed by atoms with E-state index >= 15 is 0 Å². The highest BCUT2D eigenvalue weighted by Gasteiger charge is 2.21. The molecule has 1 saturated carbocycles. The first-order valence-electron chi connectivity index (χ1n) is 6.20. The molecule has 5 heteroatoms. The number of aromatic nitrogens is 2. The van der Waals surface area contributed by atoms with E-state index in [0.29, 0.717) is 6.04 Å². The monoisotopic (exact) mass is 252 g/mol. The lowest BCUT2D eigenvalue weighted by molar-refractivity contribution is 0.556. The molecule has 1 fully saturated rings. The van der Waals surface area contributed by atoms with Crippen molar-refractivity contribution in [2.24, 2.45) is 0 Å². The molecule has 0 atom stereocenters. The van der Waals surface area contributed by atoms with E-state index in [1.54, 1.807) is 0 Å². The molecule has 94 valence electrons. The molecular formula is C12H20N4S. The van der Waals surface area contributed by atoms with Crippen LogP contribution in [0.5, 0.6) is 0 Å². The van der Waals surface area contributed by atoms with Crippen LogP contribution in [0.25, 0.3) is 0 Å². The summed E-state index contributed by atoms with van der Waals surface area (Å²) in [5.74, 6) is 0. The maximum atomic E-state index is 5.19. The van der Waals surface area contributed by atoms with E-state index in [1.165, 1.54) is 18.5 Å². The smallest absolute Gasteiger partial charge is 0.166 e. The fourth-order valence-corrected chi connectivity index (χ4v) is 2.06. The Kier molecular flexibility index (Phi) is 3.99. The second kappa shape index (κ2) is 5.49. The normalized spacial score (nSPS) is 14.7. The summed E-state index contributed by atoms with van der Waals surface area (Å²) >= 11 is 5.19. The lowest BCUT2D eigenvalue weighted by Crippen LogP contribution is -2.37. The molecule has 0 aliphatic heterocycles. The van der Waals surface area contributed by atoms with Gasteiger partial charge in [0, 0.05) is 24.8 Å². The van der Waals surface area contributed by atoms with Gasteiger partial charge in [-0.25, -0.2) is 0 Å². The van der Waals surface area contributed by atoms with Crippen molar-refractivity contribution in [1.82, 2.24) is 20.4 Å². The Labute approximate surface area is 108 Å². The average molecular weight is 252 g/mol. The van der Waals surface area contributed by atoms with Gasteiger partial charge < -0.3 is 10.6 Å². The van der Waals surface area contributed by atoms with Gasteiger partial charge in [0.2, 0.25) is 0 Å². The number of nitrogens with zero attached hydrogens (tertiary/aromatic N) is 2. The third kappa shape index (κ3) is 4.00. The lowest BCUT2D eigenvalue weighted by Gasteiger charge is -2.09. The Morgan fingerprint density at radius 3 is 2.88 bits per heavy atom. The number of hydrogen-bond donors (Lipinski definition) is 2. The molecule has 0 spiro atoms. The molecule has 0 saturated heterocycles. The zero-order valence-corrected chi connectivity index (χ0v) is 11.3. The Balaban J connectivity index is 1.62. The molecule has 0 unspecified atom stereocenters. The summed E-state index contributed by atoms with van der Waals surface area (Å²) in [6, 6.07) is 2.73. The molecule has 1 aliphatic rings. The van der Waals surface area contributed by atoms with E-state index in [-0.39, 0.29) is 0 Å². The molecule has 0 aromatic carbocycles. The van der Waals surface area contributed by atoms with Gasteiger partial charge >= 0.3 is 0 Å². The fraction of sp³-hybridized carbons (Fsp3) is 0.667. The fourth-order valence-electron chi connectivity index (χ4n) is 1.80. The van der Waals surface area contributed by atoms with Crippen LogP contribution in [0.2, 0.25) is 0 Å². The molecule has 1 aromatic rings. The third-order valence-electron chi connectivity index (χ3n) is 2.85. The predicted octanol–water partition coefficient (Wildman–Crippen LogP) is 1.52. The Bertz CT molecular complexity index is 395. The first kappa shape index (κ1) is 12.4. The highest BCUT2D eigenvalue weighted by molar-refractivity contribution is 7.80. The Hall–Kier alpha value is -1.10. The largest absolute Gasteiger partial charge is 0.363 e. The summed E-state index contributed by atoms with van der Waals surface area (Å²) in [7, 11) is 0. The molecule has 1 aromatic heterocycles. The number of nitrogens with one attached hydrogen (secondary N) is 2. The molecule has 17 heavy (non-hydrogen) atoms. The quantitative estimate of drug-likeness (QED) is 0.616.